The lowest BCUT2D eigenvalue weighted by molar-refractivity contribution is -0.132. The van der Waals surface area contributed by atoms with E-state index in [-0.39, 0.29) is 23.2 Å². The molecule has 21 heavy (non-hydrogen) atoms. The minimum Gasteiger partial charge on any atom is -0.345 e. The number of hydrogen-bond donors (Lipinski definition) is 1. The van der Waals surface area contributed by atoms with Gasteiger partial charge in [-0.25, -0.2) is 0 Å². The Morgan fingerprint density at radius 2 is 1.90 bits per heavy atom. The molecular weight excluding hydrogens is 307 g/mol. The number of halogens is 2. The largest absolute Gasteiger partial charge is 0.345 e. The van der Waals surface area contributed by atoms with Crippen LogP contribution in [0.15, 0.2) is 18.2 Å². The fourth-order valence-corrected chi connectivity index (χ4v) is 3.24. The van der Waals surface area contributed by atoms with Gasteiger partial charge in [-0.05, 0) is 48.1 Å². The van der Waals surface area contributed by atoms with Crippen molar-refractivity contribution in [2.45, 2.75) is 26.2 Å². The number of benzene rings is 1. The number of nitrogens with two attached hydrogens (primary N) is 1. The van der Waals surface area contributed by atoms with Crippen molar-refractivity contribution >= 4 is 29.1 Å². The zero-order chi connectivity index (χ0) is 15.8. The van der Waals surface area contributed by atoms with E-state index in [0.29, 0.717) is 23.1 Å². The fourth-order valence-electron chi connectivity index (χ4n) is 2.69. The van der Waals surface area contributed by atoms with Gasteiger partial charge in [-0.1, -0.05) is 37.0 Å². The second kappa shape index (κ2) is 6.15. The van der Waals surface area contributed by atoms with Crippen LogP contribution in [-0.2, 0) is 4.79 Å². The summed E-state index contributed by atoms with van der Waals surface area (Å²) in [6.07, 6.45) is 0.864. The van der Waals surface area contributed by atoms with Gasteiger partial charge in [-0.2, -0.15) is 0 Å². The van der Waals surface area contributed by atoms with Crippen molar-refractivity contribution in [2.75, 3.05) is 20.1 Å². The predicted octanol–water partition coefficient (Wildman–Crippen LogP) is 3.54. The van der Waals surface area contributed by atoms with Crippen LogP contribution in [0, 0.1) is 11.3 Å². The summed E-state index contributed by atoms with van der Waals surface area (Å²) in [5.74, 6) is 0.452. The summed E-state index contributed by atoms with van der Waals surface area (Å²) in [5.41, 5.74) is 6.72. The summed E-state index contributed by atoms with van der Waals surface area (Å²) >= 11 is 12.0. The molecule has 0 spiro atoms. The minimum atomic E-state index is -0.0613. The topological polar surface area (TPSA) is 46.3 Å². The number of carbonyl (C=O) groups excluding carboxylic acids is 1. The van der Waals surface area contributed by atoms with E-state index in [9.17, 15) is 4.79 Å². The van der Waals surface area contributed by atoms with Crippen LogP contribution in [0.4, 0.5) is 0 Å². The number of amides is 1. The molecule has 2 atom stereocenters. The lowest BCUT2D eigenvalue weighted by Crippen LogP contribution is -2.40. The third-order valence-corrected chi connectivity index (χ3v) is 4.45. The van der Waals surface area contributed by atoms with Gasteiger partial charge in [0.2, 0.25) is 5.91 Å². The quantitative estimate of drug-likeness (QED) is 0.898. The molecule has 0 saturated heterocycles. The third-order valence-electron chi connectivity index (χ3n) is 4.01. The normalized spacial score (nSPS) is 21.2. The maximum absolute atomic E-state index is 12.5. The third kappa shape index (κ3) is 4.12. The number of hydrogen-bond acceptors (Lipinski definition) is 2. The molecule has 1 aliphatic rings. The van der Waals surface area contributed by atoms with E-state index in [2.05, 4.69) is 13.8 Å². The Balaban J connectivity index is 2.00. The molecule has 2 unspecified atom stereocenters. The first kappa shape index (κ1) is 16.6. The van der Waals surface area contributed by atoms with E-state index in [1.807, 2.05) is 19.2 Å². The monoisotopic (exact) mass is 328 g/mol. The molecule has 1 amide bonds. The van der Waals surface area contributed by atoms with Crippen molar-refractivity contribution in [3.63, 3.8) is 0 Å². The molecule has 0 aromatic heterocycles. The summed E-state index contributed by atoms with van der Waals surface area (Å²) in [5, 5.41) is 1.24. The van der Waals surface area contributed by atoms with Crippen LogP contribution in [0.1, 0.15) is 31.7 Å². The van der Waals surface area contributed by atoms with Crippen molar-refractivity contribution in [3.8, 4) is 0 Å². The predicted molar refractivity (Wildman–Crippen MR) is 87.8 cm³/mol. The molecule has 1 fully saturated rings. The van der Waals surface area contributed by atoms with Gasteiger partial charge >= 0.3 is 0 Å². The first-order valence-electron chi connectivity index (χ1n) is 7.14. The van der Waals surface area contributed by atoms with Gasteiger partial charge in [0.25, 0.3) is 0 Å². The zero-order valence-corrected chi connectivity index (χ0v) is 14.2. The van der Waals surface area contributed by atoms with Crippen LogP contribution in [0.25, 0.3) is 0 Å². The Kier molecular flexibility index (Phi) is 4.86. The van der Waals surface area contributed by atoms with Crippen molar-refractivity contribution in [1.29, 1.82) is 0 Å². The lowest BCUT2D eigenvalue weighted by Gasteiger charge is -2.29. The maximum atomic E-state index is 12.5. The Hall–Kier alpha value is -0.770. The van der Waals surface area contributed by atoms with E-state index in [4.69, 9.17) is 28.9 Å². The smallest absolute Gasteiger partial charge is 0.226 e. The van der Waals surface area contributed by atoms with Gasteiger partial charge in [0, 0.05) is 29.6 Å². The van der Waals surface area contributed by atoms with E-state index >= 15 is 0 Å². The van der Waals surface area contributed by atoms with Crippen molar-refractivity contribution in [3.05, 3.63) is 33.8 Å². The van der Waals surface area contributed by atoms with E-state index in [1.54, 1.807) is 11.0 Å². The summed E-state index contributed by atoms with van der Waals surface area (Å²) in [6, 6.07) is 5.51. The van der Waals surface area contributed by atoms with Gasteiger partial charge in [-0.3, -0.25) is 4.79 Å². The summed E-state index contributed by atoms with van der Waals surface area (Å²) in [4.78, 5) is 14.3. The highest BCUT2D eigenvalue weighted by Crippen LogP contribution is 2.49. The molecule has 0 radical (unpaired) electrons. The van der Waals surface area contributed by atoms with Crippen LogP contribution in [0.3, 0.4) is 0 Å². The number of nitrogens with zero attached hydrogens (tertiary/aromatic N) is 1. The summed E-state index contributed by atoms with van der Waals surface area (Å²) in [7, 11) is 1.85. The van der Waals surface area contributed by atoms with Gasteiger partial charge in [0.15, 0.2) is 0 Å². The van der Waals surface area contributed by atoms with E-state index in [1.165, 1.54) is 0 Å². The first-order chi connectivity index (χ1) is 9.73. The molecule has 3 nitrogen and oxygen atoms in total. The first-order valence-corrected chi connectivity index (χ1v) is 7.90. The van der Waals surface area contributed by atoms with Gasteiger partial charge in [0.05, 0.1) is 0 Å². The van der Waals surface area contributed by atoms with Gasteiger partial charge in [0.1, 0.15) is 0 Å². The Morgan fingerprint density at radius 1 is 1.33 bits per heavy atom. The highest BCUT2D eigenvalue weighted by Gasteiger charge is 2.45. The van der Waals surface area contributed by atoms with Crippen molar-refractivity contribution < 1.29 is 4.79 Å². The molecule has 0 heterocycles. The van der Waals surface area contributed by atoms with Crippen molar-refractivity contribution in [2.24, 2.45) is 17.1 Å². The fraction of sp³-hybridized carbons (Fsp3) is 0.562. The second-order valence-corrected chi connectivity index (χ2v) is 7.59. The van der Waals surface area contributed by atoms with Crippen LogP contribution in [0.2, 0.25) is 10.0 Å². The molecular formula is C16H22Cl2N2O. The van der Waals surface area contributed by atoms with Crippen LogP contribution in [0.5, 0.6) is 0 Å². The standard InChI is InChI=1S/C16H22Cl2N2O/c1-16(2,8-19)9-20(3)15(21)14-7-13(14)10-4-11(17)6-12(18)5-10/h4-6,13-14H,7-9,19H2,1-3H3. The summed E-state index contributed by atoms with van der Waals surface area (Å²) in [6.45, 7) is 5.36. The van der Waals surface area contributed by atoms with Crippen molar-refractivity contribution in [1.82, 2.24) is 4.90 Å². The van der Waals surface area contributed by atoms with Gasteiger partial charge < -0.3 is 10.6 Å². The molecule has 0 bridgehead atoms. The van der Waals surface area contributed by atoms with E-state index < -0.39 is 0 Å². The molecule has 1 aliphatic carbocycles. The molecule has 2 N–H and O–H groups in total. The minimum absolute atomic E-state index is 0.0399. The zero-order valence-electron chi connectivity index (χ0n) is 12.7. The SMILES string of the molecule is CN(CC(C)(C)CN)C(=O)C1CC1c1cc(Cl)cc(Cl)c1. The molecule has 116 valence electrons. The molecule has 1 aromatic rings. The Bertz CT molecular complexity index is 525. The Morgan fingerprint density at radius 3 is 2.43 bits per heavy atom. The second-order valence-electron chi connectivity index (χ2n) is 6.71. The molecule has 0 aliphatic heterocycles. The molecule has 1 saturated carbocycles. The average molecular weight is 329 g/mol. The van der Waals surface area contributed by atoms with Crippen LogP contribution < -0.4 is 5.73 Å². The number of rotatable bonds is 5. The lowest BCUT2D eigenvalue weighted by atomic mass is 9.93. The average Bonchev–Trinajstić information content (AvgIpc) is 3.16. The number of carbonyl (C=O) groups is 1. The highest BCUT2D eigenvalue weighted by molar-refractivity contribution is 6.34. The molecule has 5 heteroatoms. The summed E-state index contributed by atoms with van der Waals surface area (Å²) < 4.78 is 0. The van der Waals surface area contributed by atoms with E-state index in [0.717, 1.165) is 12.0 Å². The van der Waals surface area contributed by atoms with Crippen LogP contribution >= 0.6 is 23.2 Å². The molecule has 2 rings (SSSR count). The maximum Gasteiger partial charge on any atom is 0.226 e. The highest BCUT2D eigenvalue weighted by atomic mass is 35.5. The Labute approximate surface area is 136 Å². The molecule has 1 aromatic carbocycles. The van der Waals surface area contributed by atoms with Gasteiger partial charge in [-0.15, -0.1) is 0 Å². The van der Waals surface area contributed by atoms with Crippen LogP contribution in [-0.4, -0.2) is 30.9 Å².